The van der Waals surface area contributed by atoms with Gasteiger partial charge in [0.05, 0.1) is 17.9 Å². The number of carboxylic acids is 1. The topological polar surface area (TPSA) is 58.9 Å². The van der Waals surface area contributed by atoms with Crippen LogP contribution in [0.5, 0.6) is 5.75 Å². The van der Waals surface area contributed by atoms with Crippen LogP contribution in [0, 0.1) is 0 Å². The summed E-state index contributed by atoms with van der Waals surface area (Å²) in [6.07, 6.45) is 6.53. The van der Waals surface area contributed by atoms with Crippen molar-refractivity contribution in [1.29, 1.82) is 0 Å². The molecule has 0 fully saturated rings. The minimum absolute atomic E-state index is 0.259. The number of aliphatic imine (C=N–C) groups is 1. The second kappa shape index (κ2) is 9.50. The van der Waals surface area contributed by atoms with Gasteiger partial charge in [-0.25, -0.2) is 4.79 Å². The molecule has 4 heteroatoms. The Hall–Kier alpha value is -2.62. The number of carboxylic acid groups (broad SMARTS) is 1. The fourth-order valence-electron chi connectivity index (χ4n) is 2.21. The van der Waals surface area contributed by atoms with Gasteiger partial charge in [-0.1, -0.05) is 26.2 Å². The van der Waals surface area contributed by atoms with E-state index in [1.807, 2.05) is 24.3 Å². The highest BCUT2D eigenvalue weighted by molar-refractivity contribution is 5.88. The summed E-state index contributed by atoms with van der Waals surface area (Å²) >= 11 is 0. The van der Waals surface area contributed by atoms with Crippen LogP contribution in [0.25, 0.3) is 0 Å². The summed E-state index contributed by atoms with van der Waals surface area (Å²) in [6, 6.07) is 14.3. The smallest absolute Gasteiger partial charge is 0.335 e. The van der Waals surface area contributed by atoms with E-state index in [9.17, 15) is 4.79 Å². The second-order valence-corrected chi connectivity index (χ2v) is 5.59. The Morgan fingerprint density at radius 3 is 2.38 bits per heavy atom. The third-order valence-electron chi connectivity index (χ3n) is 3.62. The van der Waals surface area contributed by atoms with Crippen LogP contribution >= 0.6 is 0 Å². The van der Waals surface area contributed by atoms with Crippen LogP contribution in [0.3, 0.4) is 0 Å². The molecule has 0 aliphatic heterocycles. The summed E-state index contributed by atoms with van der Waals surface area (Å²) in [4.78, 5) is 15.1. The van der Waals surface area contributed by atoms with Gasteiger partial charge in [-0.05, 0) is 60.5 Å². The van der Waals surface area contributed by atoms with Crippen molar-refractivity contribution >= 4 is 17.9 Å². The van der Waals surface area contributed by atoms with Crippen molar-refractivity contribution < 1.29 is 14.6 Å². The number of hydrogen-bond donors (Lipinski definition) is 1. The zero-order valence-electron chi connectivity index (χ0n) is 13.9. The number of rotatable bonds is 9. The van der Waals surface area contributed by atoms with E-state index in [-0.39, 0.29) is 5.56 Å². The Labute approximate surface area is 142 Å². The van der Waals surface area contributed by atoms with Gasteiger partial charge in [0.2, 0.25) is 0 Å². The monoisotopic (exact) mass is 325 g/mol. The highest BCUT2D eigenvalue weighted by Gasteiger charge is 2.00. The zero-order chi connectivity index (χ0) is 17.2. The maximum absolute atomic E-state index is 10.8. The lowest BCUT2D eigenvalue weighted by Gasteiger charge is -2.05. The van der Waals surface area contributed by atoms with Crippen LogP contribution < -0.4 is 4.74 Å². The molecule has 0 unspecified atom stereocenters. The number of hydrogen-bond acceptors (Lipinski definition) is 3. The van der Waals surface area contributed by atoms with E-state index in [2.05, 4.69) is 11.9 Å². The van der Waals surface area contributed by atoms with E-state index in [0.717, 1.165) is 30.0 Å². The molecule has 2 rings (SSSR count). The molecule has 2 aromatic rings. The van der Waals surface area contributed by atoms with Crippen LogP contribution in [0.1, 0.15) is 48.5 Å². The molecule has 0 heterocycles. The summed E-state index contributed by atoms with van der Waals surface area (Å²) in [5, 5.41) is 8.86. The number of ether oxygens (including phenoxy) is 1. The van der Waals surface area contributed by atoms with Gasteiger partial charge in [-0.2, -0.15) is 0 Å². The molecule has 0 bridgehead atoms. The number of unbranched alkanes of at least 4 members (excludes halogenated alkanes) is 3. The van der Waals surface area contributed by atoms with Crippen molar-refractivity contribution in [2.75, 3.05) is 6.61 Å². The minimum atomic E-state index is -0.934. The van der Waals surface area contributed by atoms with Crippen LogP contribution in [0.4, 0.5) is 5.69 Å². The van der Waals surface area contributed by atoms with Crippen molar-refractivity contribution in [3.63, 3.8) is 0 Å². The van der Waals surface area contributed by atoms with Crippen LogP contribution in [0.15, 0.2) is 53.5 Å². The van der Waals surface area contributed by atoms with Crippen molar-refractivity contribution in [3.05, 3.63) is 59.7 Å². The van der Waals surface area contributed by atoms with Gasteiger partial charge in [-0.3, -0.25) is 4.99 Å². The first kappa shape index (κ1) is 17.7. The first-order valence-corrected chi connectivity index (χ1v) is 8.29. The largest absolute Gasteiger partial charge is 0.494 e. The fourth-order valence-corrected chi connectivity index (χ4v) is 2.21. The predicted octanol–water partition coefficient (Wildman–Crippen LogP) is 5.09. The second-order valence-electron chi connectivity index (χ2n) is 5.59. The van der Waals surface area contributed by atoms with E-state index in [0.29, 0.717) is 0 Å². The lowest BCUT2D eigenvalue weighted by molar-refractivity contribution is 0.0697. The molecule has 0 atom stereocenters. The zero-order valence-corrected chi connectivity index (χ0v) is 13.9. The Morgan fingerprint density at radius 1 is 1.04 bits per heavy atom. The number of aromatic carboxylic acids is 1. The van der Waals surface area contributed by atoms with Gasteiger partial charge >= 0.3 is 5.97 Å². The molecule has 0 radical (unpaired) electrons. The summed E-state index contributed by atoms with van der Waals surface area (Å²) in [5.41, 5.74) is 1.95. The summed E-state index contributed by atoms with van der Waals surface area (Å²) in [5.74, 6) is -0.0646. The number of nitrogens with zero attached hydrogens (tertiary/aromatic N) is 1. The number of carbonyl (C=O) groups is 1. The molecule has 0 amide bonds. The highest BCUT2D eigenvalue weighted by Crippen LogP contribution is 2.15. The number of benzene rings is 2. The predicted molar refractivity (Wildman–Crippen MR) is 96.7 cm³/mol. The SMILES string of the molecule is CCCCCCOc1ccc(/C=N/c2ccc(C(=O)O)cc2)cc1. The Kier molecular flexibility index (Phi) is 7.02. The maximum Gasteiger partial charge on any atom is 0.335 e. The normalized spacial score (nSPS) is 10.9. The van der Waals surface area contributed by atoms with Gasteiger partial charge in [0.15, 0.2) is 0 Å². The summed E-state index contributed by atoms with van der Waals surface area (Å²) in [7, 11) is 0. The average Bonchev–Trinajstić information content (AvgIpc) is 2.61. The molecule has 0 aliphatic rings. The third kappa shape index (κ3) is 5.88. The van der Waals surface area contributed by atoms with Gasteiger partial charge in [0, 0.05) is 6.21 Å². The van der Waals surface area contributed by atoms with E-state index in [4.69, 9.17) is 9.84 Å². The highest BCUT2D eigenvalue weighted by atomic mass is 16.5. The quantitative estimate of drug-likeness (QED) is 0.516. The van der Waals surface area contributed by atoms with Gasteiger partial charge in [0.1, 0.15) is 5.75 Å². The van der Waals surface area contributed by atoms with Crippen LogP contribution in [-0.2, 0) is 0 Å². The van der Waals surface area contributed by atoms with Gasteiger partial charge in [-0.15, -0.1) is 0 Å². The molecule has 0 aromatic heterocycles. The molecule has 1 N–H and O–H groups in total. The molecule has 4 nitrogen and oxygen atoms in total. The first-order chi connectivity index (χ1) is 11.7. The lowest BCUT2D eigenvalue weighted by atomic mass is 10.2. The Bertz CT molecular complexity index is 660. The van der Waals surface area contributed by atoms with E-state index >= 15 is 0 Å². The van der Waals surface area contributed by atoms with Crippen LogP contribution in [-0.4, -0.2) is 23.9 Å². The van der Waals surface area contributed by atoms with E-state index < -0.39 is 5.97 Å². The molecule has 0 saturated carbocycles. The van der Waals surface area contributed by atoms with Crippen molar-refractivity contribution in [2.45, 2.75) is 32.6 Å². The summed E-state index contributed by atoms with van der Waals surface area (Å²) < 4.78 is 5.71. The van der Waals surface area contributed by atoms with Gasteiger partial charge in [0.25, 0.3) is 0 Å². The van der Waals surface area contributed by atoms with E-state index in [1.54, 1.807) is 30.5 Å². The molecule has 0 saturated heterocycles. The molecule has 24 heavy (non-hydrogen) atoms. The molecule has 0 aliphatic carbocycles. The Balaban J connectivity index is 1.85. The first-order valence-electron chi connectivity index (χ1n) is 8.29. The summed E-state index contributed by atoms with van der Waals surface area (Å²) in [6.45, 7) is 2.95. The van der Waals surface area contributed by atoms with Crippen molar-refractivity contribution in [2.24, 2.45) is 4.99 Å². The van der Waals surface area contributed by atoms with Gasteiger partial charge < -0.3 is 9.84 Å². The molecule has 2 aromatic carbocycles. The molecular weight excluding hydrogens is 302 g/mol. The van der Waals surface area contributed by atoms with Crippen molar-refractivity contribution in [1.82, 2.24) is 0 Å². The third-order valence-corrected chi connectivity index (χ3v) is 3.62. The van der Waals surface area contributed by atoms with E-state index in [1.165, 1.54) is 19.3 Å². The lowest BCUT2D eigenvalue weighted by Crippen LogP contribution is -1.97. The average molecular weight is 325 g/mol. The van der Waals surface area contributed by atoms with Crippen LogP contribution in [0.2, 0.25) is 0 Å². The standard InChI is InChI=1S/C20H23NO3/c1-2-3-4-5-14-24-19-12-6-16(7-13-19)15-21-18-10-8-17(9-11-18)20(22)23/h6-13,15H,2-5,14H2,1H3,(H,22,23)/b21-15+. The molecule has 126 valence electrons. The molecular formula is C20H23NO3. The fraction of sp³-hybridized carbons (Fsp3) is 0.300. The minimum Gasteiger partial charge on any atom is -0.494 e. The van der Waals surface area contributed by atoms with Crippen molar-refractivity contribution in [3.8, 4) is 5.75 Å². The molecule has 0 spiro atoms. The maximum atomic E-state index is 10.8. The Morgan fingerprint density at radius 2 is 1.75 bits per heavy atom.